The van der Waals surface area contributed by atoms with Gasteiger partial charge in [0.05, 0.1) is 30.9 Å². The Balaban J connectivity index is 1.37. The summed E-state index contributed by atoms with van der Waals surface area (Å²) in [7, 11) is 1.69. The van der Waals surface area contributed by atoms with Crippen LogP contribution in [0, 0.1) is 6.92 Å². The van der Waals surface area contributed by atoms with Gasteiger partial charge in [0.25, 0.3) is 0 Å². The van der Waals surface area contributed by atoms with Crippen molar-refractivity contribution in [1.29, 1.82) is 0 Å². The number of piperidine rings is 2. The number of amidine groups is 1. The van der Waals surface area contributed by atoms with Crippen LogP contribution in [0.3, 0.4) is 0 Å². The van der Waals surface area contributed by atoms with Crippen LogP contribution in [0.2, 0.25) is 0 Å². The molecule has 0 aliphatic carbocycles. The summed E-state index contributed by atoms with van der Waals surface area (Å²) in [6, 6.07) is 6.33. The average molecular weight is 450 g/mol. The summed E-state index contributed by atoms with van der Waals surface area (Å²) < 4.78 is 7.65. The van der Waals surface area contributed by atoms with Gasteiger partial charge in [0, 0.05) is 32.3 Å². The third-order valence-electron chi connectivity index (χ3n) is 6.65. The molecule has 2 saturated heterocycles. The number of hydrogen-bond donors (Lipinski definition) is 0. The number of ether oxygens (including phenoxy) is 1. The normalized spacial score (nSPS) is 22.1. The maximum absolute atomic E-state index is 12.3. The number of fused-ring (bicyclic) bond motifs is 1. The second-order valence-electron chi connectivity index (χ2n) is 8.98. The van der Waals surface area contributed by atoms with Crippen molar-refractivity contribution in [2.45, 2.75) is 45.1 Å². The van der Waals surface area contributed by atoms with Crippen LogP contribution >= 0.6 is 0 Å². The van der Waals surface area contributed by atoms with Crippen molar-refractivity contribution in [3.8, 4) is 11.4 Å². The van der Waals surface area contributed by atoms with Crippen molar-refractivity contribution in [3.05, 3.63) is 47.6 Å². The number of hydrogen-bond acceptors (Lipinski definition) is 6. The van der Waals surface area contributed by atoms with Gasteiger partial charge in [-0.1, -0.05) is 11.2 Å². The van der Waals surface area contributed by atoms with E-state index in [1.54, 1.807) is 13.4 Å². The van der Waals surface area contributed by atoms with Gasteiger partial charge < -0.3 is 23.9 Å². The lowest BCUT2D eigenvalue weighted by Gasteiger charge is -2.42. The molecule has 8 heteroatoms. The number of carbonyl (C=O) groups excluding carboxylic acids is 1. The number of likely N-dealkylation sites (tertiary alicyclic amines) is 1. The third-order valence-corrected chi connectivity index (χ3v) is 6.65. The van der Waals surface area contributed by atoms with Gasteiger partial charge >= 0.3 is 0 Å². The quantitative estimate of drug-likeness (QED) is 0.700. The molecule has 3 aliphatic rings. The first-order valence-corrected chi connectivity index (χ1v) is 11.8. The molecule has 0 unspecified atom stereocenters. The zero-order valence-electron chi connectivity index (χ0n) is 19.4. The lowest BCUT2D eigenvalue weighted by atomic mass is 9.97. The SMILES string of the molecule is COc1cc(/C=C2\CCCN3C2=NOC[C@@H]3CN2CCCCC2=O)ccc1-n1cnc(C)c1. The largest absolute Gasteiger partial charge is 0.495 e. The second kappa shape index (κ2) is 9.29. The molecule has 2 fully saturated rings. The summed E-state index contributed by atoms with van der Waals surface area (Å²) in [4.78, 5) is 26.6. The second-order valence-corrected chi connectivity index (χ2v) is 8.98. The summed E-state index contributed by atoms with van der Waals surface area (Å²) in [5.41, 5.74) is 4.13. The van der Waals surface area contributed by atoms with Gasteiger partial charge in [-0.15, -0.1) is 0 Å². The first-order chi connectivity index (χ1) is 16.1. The molecule has 4 heterocycles. The molecule has 1 aromatic heterocycles. The van der Waals surface area contributed by atoms with Crippen LogP contribution in [-0.2, 0) is 9.63 Å². The monoisotopic (exact) mass is 449 g/mol. The van der Waals surface area contributed by atoms with Gasteiger partial charge in [0.15, 0.2) is 5.84 Å². The maximum Gasteiger partial charge on any atom is 0.222 e. The highest BCUT2D eigenvalue weighted by atomic mass is 16.6. The van der Waals surface area contributed by atoms with E-state index in [4.69, 9.17) is 9.57 Å². The predicted octanol–water partition coefficient (Wildman–Crippen LogP) is 3.39. The molecule has 0 N–H and O–H groups in total. The van der Waals surface area contributed by atoms with E-state index >= 15 is 0 Å². The van der Waals surface area contributed by atoms with Gasteiger partial charge in [-0.2, -0.15) is 0 Å². The number of nitrogens with zero attached hydrogens (tertiary/aromatic N) is 5. The van der Waals surface area contributed by atoms with Crippen LogP contribution in [0.15, 0.2) is 41.5 Å². The number of benzene rings is 1. The number of aryl methyl sites for hydroxylation is 1. The van der Waals surface area contributed by atoms with Crippen molar-refractivity contribution in [1.82, 2.24) is 19.4 Å². The molecule has 174 valence electrons. The molecule has 0 radical (unpaired) electrons. The predicted molar refractivity (Wildman–Crippen MR) is 126 cm³/mol. The lowest BCUT2D eigenvalue weighted by Crippen LogP contribution is -2.55. The summed E-state index contributed by atoms with van der Waals surface area (Å²) in [5.74, 6) is 1.95. The minimum Gasteiger partial charge on any atom is -0.495 e. The number of methoxy groups -OCH3 is 1. The van der Waals surface area contributed by atoms with E-state index in [0.717, 1.165) is 72.9 Å². The minimum absolute atomic E-state index is 0.143. The Morgan fingerprint density at radius 2 is 2.12 bits per heavy atom. The molecule has 0 saturated carbocycles. The first-order valence-electron chi connectivity index (χ1n) is 11.8. The maximum atomic E-state index is 12.3. The summed E-state index contributed by atoms with van der Waals surface area (Å²) in [6.45, 7) is 4.98. The minimum atomic E-state index is 0.143. The standard InChI is InChI=1S/C25H31N5O3/c1-18-14-29(17-26-18)22-9-8-19(13-23(22)32-2)12-20-6-5-11-30-21(16-33-27-25(20)30)15-28-10-4-3-7-24(28)31/h8-9,12-14,17,21H,3-7,10-11,15-16H2,1-2H3/b20-12+/t21-/m0/s1. The number of rotatable bonds is 5. The van der Waals surface area contributed by atoms with Gasteiger partial charge in [-0.25, -0.2) is 4.98 Å². The highest BCUT2D eigenvalue weighted by Crippen LogP contribution is 2.29. The van der Waals surface area contributed by atoms with Crippen LogP contribution in [0.4, 0.5) is 0 Å². The molecule has 8 nitrogen and oxygen atoms in total. The summed E-state index contributed by atoms with van der Waals surface area (Å²) in [6.07, 6.45) is 10.7. The van der Waals surface area contributed by atoms with Crippen molar-refractivity contribution in [3.63, 3.8) is 0 Å². The van der Waals surface area contributed by atoms with Gasteiger partial charge in [-0.3, -0.25) is 4.79 Å². The van der Waals surface area contributed by atoms with Crippen LogP contribution in [-0.4, -0.2) is 70.5 Å². The van der Waals surface area contributed by atoms with Gasteiger partial charge in [0.2, 0.25) is 5.91 Å². The Hall–Kier alpha value is -3.29. The average Bonchev–Trinajstić information content (AvgIpc) is 3.27. The lowest BCUT2D eigenvalue weighted by molar-refractivity contribution is -0.134. The topological polar surface area (TPSA) is 72.2 Å². The summed E-state index contributed by atoms with van der Waals surface area (Å²) >= 11 is 0. The van der Waals surface area contributed by atoms with Gasteiger partial charge in [-0.05, 0) is 62.0 Å². The van der Waals surface area contributed by atoms with E-state index in [0.29, 0.717) is 19.6 Å². The van der Waals surface area contributed by atoms with E-state index < -0.39 is 0 Å². The van der Waals surface area contributed by atoms with E-state index in [9.17, 15) is 4.79 Å². The molecule has 33 heavy (non-hydrogen) atoms. The number of amides is 1. The Kier molecular flexibility index (Phi) is 6.07. The van der Waals surface area contributed by atoms with E-state index in [2.05, 4.69) is 33.2 Å². The molecular weight excluding hydrogens is 418 g/mol. The molecule has 5 rings (SSSR count). The Bertz CT molecular complexity index is 1090. The Labute approximate surface area is 194 Å². The molecule has 0 spiro atoms. The fourth-order valence-electron chi connectivity index (χ4n) is 4.93. The fourth-order valence-corrected chi connectivity index (χ4v) is 4.93. The van der Waals surface area contributed by atoms with E-state index in [1.807, 2.05) is 28.7 Å². The molecular formula is C25H31N5O3. The molecule has 0 bridgehead atoms. The van der Waals surface area contributed by atoms with Crippen LogP contribution in [0.25, 0.3) is 11.8 Å². The van der Waals surface area contributed by atoms with Crippen molar-refractivity contribution < 1.29 is 14.4 Å². The summed E-state index contributed by atoms with van der Waals surface area (Å²) in [5, 5.41) is 4.43. The molecule has 1 aromatic carbocycles. The van der Waals surface area contributed by atoms with Gasteiger partial charge in [0.1, 0.15) is 12.4 Å². The van der Waals surface area contributed by atoms with Crippen molar-refractivity contribution >= 4 is 17.8 Å². The van der Waals surface area contributed by atoms with E-state index in [-0.39, 0.29) is 11.9 Å². The number of carbonyl (C=O) groups is 1. The van der Waals surface area contributed by atoms with Crippen molar-refractivity contribution in [2.24, 2.45) is 5.16 Å². The van der Waals surface area contributed by atoms with E-state index in [1.165, 1.54) is 0 Å². The number of oxime groups is 1. The van der Waals surface area contributed by atoms with Crippen LogP contribution in [0.1, 0.15) is 43.4 Å². The van der Waals surface area contributed by atoms with Crippen molar-refractivity contribution in [2.75, 3.05) is 33.4 Å². The smallest absolute Gasteiger partial charge is 0.222 e. The number of aromatic nitrogens is 2. The molecule has 2 aromatic rings. The fraction of sp³-hybridized carbons (Fsp3) is 0.480. The highest BCUT2D eigenvalue weighted by Gasteiger charge is 2.34. The first kappa shape index (κ1) is 21.6. The Morgan fingerprint density at radius 1 is 1.21 bits per heavy atom. The zero-order chi connectivity index (χ0) is 22.8. The molecule has 1 amide bonds. The van der Waals surface area contributed by atoms with Crippen LogP contribution < -0.4 is 4.74 Å². The molecule has 3 aliphatic heterocycles. The van der Waals surface area contributed by atoms with Crippen LogP contribution in [0.5, 0.6) is 5.75 Å². The number of imidazole rings is 1. The zero-order valence-corrected chi connectivity index (χ0v) is 19.4. The molecule has 1 atom stereocenters. The Morgan fingerprint density at radius 3 is 2.91 bits per heavy atom. The third kappa shape index (κ3) is 4.47. The highest BCUT2D eigenvalue weighted by molar-refractivity contribution is 6.03.